The fraction of sp³-hybridized carbons (Fsp3) is 0.455. The molecule has 0 radical (unpaired) electrons. The normalized spacial score (nSPS) is 18.0. The van der Waals surface area contributed by atoms with Crippen molar-refractivity contribution in [2.75, 3.05) is 32.4 Å². The van der Waals surface area contributed by atoms with Gasteiger partial charge in [0.15, 0.2) is 5.43 Å². The summed E-state index contributed by atoms with van der Waals surface area (Å²) in [5.41, 5.74) is 2.11. The Labute approximate surface area is 180 Å². The smallest absolute Gasteiger partial charge is 0.343 e. The molecule has 160 valence electrons. The number of fused-ring (bicyclic) bond motifs is 6. The van der Waals surface area contributed by atoms with Crippen LogP contribution in [-0.4, -0.2) is 43.6 Å². The number of rotatable bonds is 6. The van der Waals surface area contributed by atoms with Crippen LogP contribution in [0.15, 0.2) is 29.2 Å². The zero-order chi connectivity index (χ0) is 21.6. The average molecular weight is 433 g/mol. The van der Waals surface area contributed by atoms with Crippen LogP contribution >= 0.6 is 11.6 Å². The number of aromatic nitrogens is 1. The molecule has 0 saturated carbocycles. The number of esters is 1. The van der Waals surface area contributed by atoms with Crippen molar-refractivity contribution in [3.05, 3.63) is 50.8 Å². The quantitative estimate of drug-likeness (QED) is 0.513. The number of pyridine rings is 1. The second-order valence-electron chi connectivity index (χ2n) is 8.21. The van der Waals surface area contributed by atoms with Crippen molar-refractivity contribution in [1.82, 2.24) is 4.68 Å². The minimum atomic E-state index is -0.645. The molecule has 1 saturated heterocycles. The first-order valence-electron chi connectivity index (χ1n) is 9.88. The highest BCUT2D eigenvalue weighted by Gasteiger charge is 2.50. The van der Waals surface area contributed by atoms with Crippen molar-refractivity contribution in [2.24, 2.45) is 0 Å². The molecule has 2 aliphatic rings. The van der Waals surface area contributed by atoms with Crippen LogP contribution in [0.5, 0.6) is 5.75 Å². The van der Waals surface area contributed by atoms with Gasteiger partial charge in [-0.15, -0.1) is 0 Å². The summed E-state index contributed by atoms with van der Waals surface area (Å²) in [5.74, 6) is -0.0213. The van der Waals surface area contributed by atoms with Gasteiger partial charge in [0.1, 0.15) is 11.3 Å². The molecular weight excluding hydrogens is 408 g/mol. The minimum Gasteiger partial charge on any atom is -0.492 e. The van der Waals surface area contributed by atoms with Crippen LogP contribution < -0.4 is 15.2 Å². The largest absolute Gasteiger partial charge is 0.492 e. The maximum absolute atomic E-state index is 12.6. The lowest BCUT2D eigenvalue weighted by Crippen LogP contribution is -2.65. The van der Waals surface area contributed by atoms with Crippen LogP contribution in [0, 0.1) is 0 Å². The van der Waals surface area contributed by atoms with E-state index in [0.717, 1.165) is 24.0 Å². The third kappa shape index (κ3) is 3.26. The van der Waals surface area contributed by atoms with Gasteiger partial charge in [0.05, 0.1) is 36.0 Å². The third-order valence-corrected chi connectivity index (χ3v) is 6.06. The topological polar surface area (TPSA) is 70.0 Å². The van der Waals surface area contributed by atoms with Crippen molar-refractivity contribution in [3.63, 3.8) is 0 Å². The van der Waals surface area contributed by atoms with Crippen LogP contribution in [0.3, 0.4) is 0 Å². The Morgan fingerprint density at radius 1 is 1.23 bits per heavy atom. The standard InChI is InChI=1S/C22H25ClN2O5/c1-22(2)11-18-14-9-20(30-7-5-6-28-3)16(23)8-13(14)17-10-19(26)15(21(27)29-4)12-24(17)25(18)22/h8-10,12,18H,5-7,11H2,1-4H3. The van der Waals surface area contributed by atoms with E-state index in [1.807, 2.05) is 16.8 Å². The summed E-state index contributed by atoms with van der Waals surface area (Å²) in [6, 6.07) is 5.38. The third-order valence-electron chi connectivity index (χ3n) is 5.77. The van der Waals surface area contributed by atoms with Crippen molar-refractivity contribution in [3.8, 4) is 17.0 Å². The Morgan fingerprint density at radius 3 is 2.67 bits per heavy atom. The van der Waals surface area contributed by atoms with Crippen molar-refractivity contribution < 1.29 is 19.0 Å². The fourth-order valence-electron chi connectivity index (χ4n) is 4.37. The second-order valence-corrected chi connectivity index (χ2v) is 8.62. The van der Waals surface area contributed by atoms with Crippen molar-refractivity contribution >= 4 is 17.6 Å². The van der Waals surface area contributed by atoms with E-state index in [1.54, 1.807) is 13.3 Å². The van der Waals surface area contributed by atoms with E-state index in [2.05, 4.69) is 18.9 Å². The molecule has 1 aromatic heterocycles. The van der Waals surface area contributed by atoms with E-state index in [-0.39, 0.29) is 22.6 Å². The lowest BCUT2D eigenvalue weighted by molar-refractivity contribution is 0.0597. The van der Waals surface area contributed by atoms with E-state index >= 15 is 0 Å². The zero-order valence-corrected chi connectivity index (χ0v) is 18.3. The monoisotopic (exact) mass is 432 g/mol. The summed E-state index contributed by atoms with van der Waals surface area (Å²) >= 11 is 6.51. The predicted molar refractivity (Wildman–Crippen MR) is 114 cm³/mol. The number of methoxy groups -OCH3 is 2. The number of benzene rings is 1. The van der Waals surface area contributed by atoms with Crippen LogP contribution in [0.1, 0.15) is 48.7 Å². The summed E-state index contributed by atoms with van der Waals surface area (Å²) in [4.78, 5) is 24.7. The predicted octanol–water partition coefficient (Wildman–Crippen LogP) is 3.55. The van der Waals surface area contributed by atoms with Crippen LogP contribution in [0.2, 0.25) is 5.02 Å². The Morgan fingerprint density at radius 2 is 2.00 bits per heavy atom. The van der Waals surface area contributed by atoms with Gasteiger partial charge in [0.2, 0.25) is 0 Å². The molecule has 1 atom stereocenters. The van der Waals surface area contributed by atoms with Gasteiger partial charge in [0.25, 0.3) is 0 Å². The molecule has 0 N–H and O–H groups in total. The highest BCUT2D eigenvalue weighted by Crippen LogP contribution is 2.52. The maximum atomic E-state index is 12.6. The first kappa shape index (κ1) is 20.8. The first-order chi connectivity index (χ1) is 14.3. The van der Waals surface area contributed by atoms with Crippen LogP contribution in [0.25, 0.3) is 11.3 Å². The Balaban J connectivity index is 1.82. The number of ether oxygens (including phenoxy) is 3. The first-order valence-corrected chi connectivity index (χ1v) is 10.3. The Kier molecular flexibility index (Phi) is 5.28. The average Bonchev–Trinajstić information content (AvgIpc) is 2.70. The van der Waals surface area contributed by atoms with Gasteiger partial charge in [-0.1, -0.05) is 11.6 Å². The molecule has 7 nitrogen and oxygen atoms in total. The fourth-order valence-corrected chi connectivity index (χ4v) is 4.59. The van der Waals surface area contributed by atoms with Gasteiger partial charge in [-0.2, -0.15) is 0 Å². The molecule has 0 amide bonds. The van der Waals surface area contributed by atoms with Gasteiger partial charge in [-0.05, 0) is 38.0 Å². The number of hydrogen-bond donors (Lipinski definition) is 0. The number of nitrogens with zero attached hydrogens (tertiary/aromatic N) is 2. The lowest BCUT2D eigenvalue weighted by atomic mass is 9.76. The zero-order valence-electron chi connectivity index (χ0n) is 17.5. The summed E-state index contributed by atoms with van der Waals surface area (Å²) < 4.78 is 17.6. The highest BCUT2D eigenvalue weighted by molar-refractivity contribution is 6.32. The second kappa shape index (κ2) is 7.63. The SMILES string of the molecule is COCCCOc1cc2c(cc1Cl)-c1cc(=O)c(C(=O)OC)cn1N1C2CC1(C)C. The van der Waals surface area contributed by atoms with E-state index < -0.39 is 5.97 Å². The minimum absolute atomic E-state index is 0.00958. The van der Waals surface area contributed by atoms with E-state index in [0.29, 0.717) is 29.7 Å². The van der Waals surface area contributed by atoms with Crippen LogP contribution in [-0.2, 0) is 9.47 Å². The number of halogens is 1. The van der Waals surface area contributed by atoms with Crippen molar-refractivity contribution in [1.29, 1.82) is 0 Å². The maximum Gasteiger partial charge on any atom is 0.343 e. The van der Waals surface area contributed by atoms with Crippen LogP contribution in [0.4, 0.5) is 0 Å². The number of hydrogen-bond acceptors (Lipinski definition) is 6. The van der Waals surface area contributed by atoms with Crippen molar-refractivity contribution in [2.45, 2.75) is 38.3 Å². The summed E-state index contributed by atoms with van der Waals surface area (Å²) in [6.45, 7) is 5.38. The van der Waals surface area contributed by atoms with Gasteiger partial charge >= 0.3 is 5.97 Å². The number of carbonyl (C=O) groups is 1. The molecular formula is C22H25ClN2O5. The molecule has 0 bridgehead atoms. The molecule has 1 aromatic carbocycles. The number of carbonyl (C=O) groups excluding carboxylic acids is 1. The molecule has 2 aromatic rings. The van der Waals surface area contributed by atoms with Gasteiger partial charge in [-0.25, -0.2) is 4.79 Å². The molecule has 3 heterocycles. The van der Waals surface area contributed by atoms with E-state index in [4.69, 9.17) is 25.8 Å². The molecule has 0 spiro atoms. The molecule has 8 heteroatoms. The molecule has 1 fully saturated rings. The van der Waals surface area contributed by atoms with Gasteiger partial charge in [0, 0.05) is 38.0 Å². The molecule has 0 aliphatic carbocycles. The van der Waals surface area contributed by atoms with E-state index in [9.17, 15) is 9.59 Å². The lowest BCUT2D eigenvalue weighted by Gasteiger charge is -2.60. The molecule has 4 rings (SSSR count). The summed E-state index contributed by atoms with van der Waals surface area (Å²) in [6.07, 6.45) is 3.26. The molecule has 30 heavy (non-hydrogen) atoms. The molecule has 1 unspecified atom stereocenters. The van der Waals surface area contributed by atoms with Gasteiger partial charge in [-0.3, -0.25) is 14.5 Å². The van der Waals surface area contributed by atoms with Gasteiger partial charge < -0.3 is 14.2 Å². The Bertz CT molecular complexity index is 1060. The Hall–Kier alpha value is -2.51. The van der Waals surface area contributed by atoms with E-state index in [1.165, 1.54) is 13.2 Å². The summed E-state index contributed by atoms with van der Waals surface area (Å²) in [5, 5.41) is 2.66. The molecule has 2 aliphatic heterocycles. The highest BCUT2D eigenvalue weighted by atomic mass is 35.5. The summed E-state index contributed by atoms with van der Waals surface area (Å²) in [7, 11) is 2.93.